The molecule has 0 aliphatic rings. The van der Waals surface area contributed by atoms with Crippen molar-refractivity contribution < 1.29 is 9.18 Å². The normalized spacial score (nSPS) is 9.90. The van der Waals surface area contributed by atoms with Gasteiger partial charge in [-0.05, 0) is 24.3 Å². The number of halogens is 3. The lowest BCUT2D eigenvalue weighted by molar-refractivity contribution is 0.102. The van der Waals surface area contributed by atoms with Gasteiger partial charge in [0.2, 0.25) is 0 Å². The molecule has 108 valence electrons. The Kier molecular flexibility index (Phi) is 5.21. The molecule has 7 heteroatoms. The lowest BCUT2D eigenvalue weighted by Crippen LogP contribution is -2.12. The maximum atomic E-state index is 13.9. The second-order valence-corrected chi connectivity index (χ2v) is 6.18. The lowest BCUT2D eigenvalue weighted by atomic mass is 10.2. The molecule has 0 radical (unpaired) electrons. The van der Waals surface area contributed by atoms with Crippen LogP contribution in [0.5, 0.6) is 0 Å². The average Bonchev–Trinajstić information content (AvgIpc) is 2.78. The van der Waals surface area contributed by atoms with Gasteiger partial charge in [0.25, 0.3) is 5.91 Å². The number of amides is 1. The van der Waals surface area contributed by atoms with Crippen LogP contribution in [0.15, 0.2) is 24.3 Å². The Bertz CT molecular complexity index is 749. The average molecular weight is 343 g/mol. The van der Waals surface area contributed by atoms with Crippen LogP contribution in [0.1, 0.15) is 15.9 Å². The Labute approximate surface area is 134 Å². The highest BCUT2D eigenvalue weighted by molar-refractivity contribution is 7.20. The SMILES string of the molecule is NCC#Cc1ccc(NC(=O)c2cc(Cl)sc2Cl)c(F)c1. The van der Waals surface area contributed by atoms with Gasteiger partial charge in [-0.2, -0.15) is 0 Å². The maximum Gasteiger partial charge on any atom is 0.258 e. The number of carbonyl (C=O) groups excluding carboxylic acids is 1. The molecule has 1 amide bonds. The first-order valence-electron chi connectivity index (χ1n) is 5.76. The van der Waals surface area contributed by atoms with Crippen molar-refractivity contribution in [3.63, 3.8) is 0 Å². The molecule has 3 nitrogen and oxygen atoms in total. The van der Waals surface area contributed by atoms with E-state index in [9.17, 15) is 9.18 Å². The number of thiophene rings is 1. The summed E-state index contributed by atoms with van der Waals surface area (Å²) in [5.74, 6) is 4.21. The summed E-state index contributed by atoms with van der Waals surface area (Å²) in [4.78, 5) is 12.0. The van der Waals surface area contributed by atoms with Crippen LogP contribution in [0, 0.1) is 17.7 Å². The summed E-state index contributed by atoms with van der Waals surface area (Å²) in [6.45, 7) is 0.192. The number of hydrogen-bond donors (Lipinski definition) is 2. The molecule has 21 heavy (non-hydrogen) atoms. The second-order valence-electron chi connectivity index (χ2n) is 3.89. The quantitative estimate of drug-likeness (QED) is 0.816. The van der Waals surface area contributed by atoms with Gasteiger partial charge in [-0.15, -0.1) is 11.3 Å². The van der Waals surface area contributed by atoms with Gasteiger partial charge in [0.05, 0.1) is 22.1 Å². The largest absolute Gasteiger partial charge is 0.320 e. The molecule has 0 saturated heterocycles. The van der Waals surface area contributed by atoms with Gasteiger partial charge in [0.1, 0.15) is 10.2 Å². The van der Waals surface area contributed by atoms with E-state index < -0.39 is 11.7 Å². The number of carbonyl (C=O) groups is 1. The minimum atomic E-state index is -0.593. The number of anilines is 1. The van der Waals surface area contributed by atoms with E-state index in [0.29, 0.717) is 9.90 Å². The molecule has 0 bridgehead atoms. The van der Waals surface area contributed by atoms with Crippen molar-refractivity contribution in [3.8, 4) is 11.8 Å². The van der Waals surface area contributed by atoms with E-state index in [2.05, 4.69) is 17.2 Å². The van der Waals surface area contributed by atoms with Crippen LogP contribution < -0.4 is 11.1 Å². The Morgan fingerprint density at radius 3 is 2.71 bits per heavy atom. The molecule has 0 fully saturated rings. The minimum Gasteiger partial charge on any atom is -0.320 e. The summed E-state index contributed by atoms with van der Waals surface area (Å²) in [6.07, 6.45) is 0. The third-order valence-electron chi connectivity index (χ3n) is 2.45. The van der Waals surface area contributed by atoms with Crippen molar-refractivity contribution in [3.05, 3.63) is 49.9 Å². The molecule has 1 aromatic carbocycles. The van der Waals surface area contributed by atoms with E-state index in [4.69, 9.17) is 28.9 Å². The zero-order valence-electron chi connectivity index (χ0n) is 10.5. The van der Waals surface area contributed by atoms with Gasteiger partial charge in [-0.25, -0.2) is 4.39 Å². The van der Waals surface area contributed by atoms with E-state index in [-0.39, 0.29) is 22.1 Å². The Hall–Kier alpha value is -1.58. The third-order valence-corrected chi connectivity index (χ3v) is 3.94. The smallest absolute Gasteiger partial charge is 0.258 e. The summed E-state index contributed by atoms with van der Waals surface area (Å²) < 4.78 is 14.5. The number of hydrogen-bond acceptors (Lipinski definition) is 3. The van der Waals surface area contributed by atoms with Gasteiger partial charge < -0.3 is 11.1 Å². The van der Waals surface area contributed by atoms with E-state index >= 15 is 0 Å². The molecule has 1 heterocycles. The zero-order chi connectivity index (χ0) is 15.4. The van der Waals surface area contributed by atoms with E-state index in [1.807, 2.05) is 0 Å². The molecule has 0 aliphatic carbocycles. The molecule has 2 rings (SSSR count). The Morgan fingerprint density at radius 1 is 1.38 bits per heavy atom. The molecule has 0 unspecified atom stereocenters. The number of nitrogens with one attached hydrogen (secondary N) is 1. The Morgan fingerprint density at radius 2 is 2.14 bits per heavy atom. The van der Waals surface area contributed by atoms with Crippen molar-refractivity contribution in [1.82, 2.24) is 0 Å². The Balaban J connectivity index is 2.20. The van der Waals surface area contributed by atoms with Gasteiger partial charge in [0.15, 0.2) is 0 Å². The van der Waals surface area contributed by atoms with Crippen molar-refractivity contribution in [2.24, 2.45) is 5.73 Å². The summed E-state index contributed by atoms with van der Waals surface area (Å²) in [5.41, 5.74) is 5.97. The van der Waals surface area contributed by atoms with Crippen LogP contribution in [0.4, 0.5) is 10.1 Å². The summed E-state index contributed by atoms with van der Waals surface area (Å²) >= 11 is 12.7. The van der Waals surface area contributed by atoms with Crippen molar-refractivity contribution in [2.45, 2.75) is 0 Å². The first-order chi connectivity index (χ1) is 10.0. The van der Waals surface area contributed by atoms with Crippen LogP contribution in [-0.2, 0) is 0 Å². The topological polar surface area (TPSA) is 55.1 Å². The molecule has 1 aromatic heterocycles. The van der Waals surface area contributed by atoms with Crippen LogP contribution in [0.25, 0.3) is 0 Å². The summed E-state index contributed by atoms with van der Waals surface area (Å²) in [7, 11) is 0. The van der Waals surface area contributed by atoms with E-state index in [1.165, 1.54) is 18.2 Å². The van der Waals surface area contributed by atoms with Gasteiger partial charge in [-0.3, -0.25) is 4.79 Å². The first kappa shape index (κ1) is 15.8. The number of nitrogens with two attached hydrogens (primary N) is 1. The highest BCUT2D eigenvalue weighted by atomic mass is 35.5. The van der Waals surface area contributed by atoms with Crippen molar-refractivity contribution in [1.29, 1.82) is 0 Å². The monoisotopic (exact) mass is 342 g/mol. The van der Waals surface area contributed by atoms with Gasteiger partial charge >= 0.3 is 0 Å². The molecule has 2 aromatic rings. The second kappa shape index (κ2) is 6.92. The minimum absolute atomic E-state index is 0.0386. The predicted molar refractivity (Wildman–Crippen MR) is 84.6 cm³/mol. The predicted octanol–water partition coefficient (Wildman–Crippen LogP) is 3.76. The molecular formula is C14H9Cl2FN2OS. The fourth-order valence-electron chi connectivity index (χ4n) is 1.53. The summed E-state index contributed by atoms with van der Waals surface area (Å²) in [5, 5.41) is 2.44. The summed E-state index contributed by atoms with van der Waals surface area (Å²) in [6, 6.07) is 5.67. The molecule has 0 aliphatic heterocycles. The standard InChI is InChI=1S/C14H9Cl2FN2OS/c15-12-7-9(13(16)21-12)14(20)19-11-4-3-8(2-1-5-18)6-10(11)17/h3-4,6-7H,5,18H2,(H,19,20). The van der Waals surface area contributed by atoms with Crippen LogP contribution in [-0.4, -0.2) is 12.5 Å². The number of benzene rings is 1. The fourth-order valence-corrected chi connectivity index (χ4v) is 2.99. The molecule has 0 spiro atoms. The zero-order valence-corrected chi connectivity index (χ0v) is 12.9. The molecular weight excluding hydrogens is 334 g/mol. The van der Waals surface area contributed by atoms with Crippen LogP contribution in [0.2, 0.25) is 8.67 Å². The van der Waals surface area contributed by atoms with Crippen LogP contribution in [0.3, 0.4) is 0 Å². The third kappa shape index (κ3) is 3.96. The van der Waals surface area contributed by atoms with Crippen molar-refractivity contribution in [2.75, 3.05) is 11.9 Å². The maximum absolute atomic E-state index is 13.9. The first-order valence-corrected chi connectivity index (χ1v) is 7.33. The highest BCUT2D eigenvalue weighted by Crippen LogP contribution is 2.31. The lowest BCUT2D eigenvalue weighted by Gasteiger charge is -2.06. The molecule has 0 saturated carbocycles. The van der Waals surface area contributed by atoms with Crippen LogP contribution >= 0.6 is 34.5 Å². The van der Waals surface area contributed by atoms with Gasteiger partial charge in [0, 0.05) is 5.56 Å². The molecule has 0 atom stereocenters. The van der Waals surface area contributed by atoms with Crippen molar-refractivity contribution >= 4 is 46.1 Å². The van der Waals surface area contributed by atoms with E-state index in [0.717, 1.165) is 11.3 Å². The number of rotatable bonds is 2. The fraction of sp³-hybridized carbons (Fsp3) is 0.0714. The van der Waals surface area contributed by atoms with E-state index in [1.54, 1.807) is 6.07 Å². The molecule has 3 N–H and O–H groups in total. The van der Waals surface area contributed by atoms with Gasteiger partial charge in [-0.1, -0.05) is 35.0 Å². The highest BCUT2D eigenvalue weighted by Gasteiger charge is 2.15.